The van der Waals surface area contributed by atoms with Crippen LogP contribution in [-0.2, 0) is 0 Å². The number of benzene rings is 1. The summed E-state index contributed by atoms with van der Waals surface area (Å²) in [4.78, 5) is 17.0. The summed E-state index contributed by atoms with van der Waals surface area (Å²) in [5, 5.41) is 0. The molecule has 1 amide bonds. The first-order valence-corrected chi connectivity index (χ1v) is 7.91. The van der Waals surface area contributed by atoms with Gasteiger partial charge in [0.25, 0.3) is 5.91 Å². The lowest BCUT2D eigenvalue weighted by Crippen LogP contribution is -2.61. The van der Waals surface area contributed by atoms with Crippen LogP contribution in [0.15, 0.2) is 18.2 Å². The Hall–Kier alpha value is -1.99. The molecule has 2 aliphatic rings. The molecule has 4 nitrogen and oxygen atoms in total. The Kier molecular flexibility index (Phi) is 4.35. The fourth-order valence-electron chi connectivity index (χ4n) is 3.26. The van der Waals surface area contributed by atoms with Crippen LogP contribution in [0.4, 0.5) is 0 Å². The van der Waals surface area contributed by atoms with Crippen molar-refractivity contribution in [2.45, 2.75) is 25.3 Å². The molecule has 116 valence electrons. The van der Waals surface area contributed by atoms with Gasteiger partial charge in [-0.1, -0.05) is 12.3 Å². The number of carbonyl (C=O) groups is 1. The van der Waals surface area contributed by atoms with Crippen molar-refractivity contribution in [1.82, 2.24) is 9.80 Å². The number of terminal acetylenes is 1. The quantitative estimate of drug-likeness (QED) is 0.800. The molecule has 1 aromatic rings. The second kappa shape index (κ2) is 6.41. The van der Waals surface area contributed by atoms with Gasteiger partial charge in [0.15, 0.2) is 0 Å². The minimum Gasteiger partial charge on any atom is -0.496 e. The van der Waals surface area contributed by atoms with Crippen molar-refractivity contribution in [3.05, 3.63) is 29.3 Å². The summed E-state index contributed by atoms with van der Waals surface area (Å²) < 4.78 is 5.32. The third kappa shape index (κ3) is 2.82. The van der Waals surface area contributed by atoms with Gasteiger partial charge in [-0.2, -0.15) is 0 Å². The number of hydrogen-bond donors (Lipinski definition) is 0. The number of ether oxygens (including phenoxy) is 1. The molecule has 4 heteroatoms. The van der Waals surface area contributed by atoms with E-state index in [2.05, 4.69) is 10.8 Å². The van der Waals surface area contributed by atoms with Gasteiger partial charge in [-0.05, 0) is 44.1 Å². The first-order chi connectivity index (χ1) is 10.7. The number of likely N-dealkylation sites (tertiary alicyclic amines) is 2. The number of carbonyl (C=O) groups excluding carboxylic acids is 1. The number of nitrogens with zero attached hydrogens (tertiary/aromatic N) is 2. The van der Waals surface area contributed by atoms with Crippen LogP contribution in [0.3, 0.4) is 0 Å². The first-order valence-electron chi connectivity index (χ1n) is 7.91. The topological polar surface area (TPSA) is 32.8 Å². The lowest BCUT2D eigenvalue weighted by atomic mass is 10.0. The largest absolute Gasteiger partial charge is 0.496 e. The van der Waals surface area contributed by atoms with Crippen LogP contribution < -0.4 is 4.74 Å². The lowest BCUT2D eigenvalue weighted by Gasteiger charge is -2.46. The van der Waals surface area contributed by atoms with Gasteiger partial charge in [-0.25, -0.2) is 0 Å². The molecule has 2 fully saturated rings. The minimum atomic E-state index is 0.0358. The Morgan fingerprint density at radius 3 is 2.64 bits per heavy atom. The van der Waals surface area contributed by atoms with E-state index in [4.69, 9.17) is 11.2 Å². The number of rotatable bonds is 3. The van der Waals surface area contributed by atoms with Crippen LogP contribution in [0.1, 0.15) is 35.2 Å². The molecule has 2 saturated heterocycles. The zero-order valence-corrected chi connectivity index (χ0v) is 13.0. The van der Waals surface area contributed by atoms with Gasteiger partial charge >= 0.3 is 0 Å². The molecule has 3 rings (SSSR count). The number of amides is 1. The summed E-state index contributed by atoms with van der Waals surface area (Å²) in [7, 11) is 1.57. The Morgan fingerprint density at radius 2 is 2.00 bits per heavy atom. The van der Waals surface area contributed by atoms with Crippen molar-refractivity contribution in [3.63, 3.8) is 0 Å². The molecule has 0 atom stereocenters. The van der Waals surface area contributed by atoms with Gasteiger partial charge in [0.1, 0.15) is 5.75 Å². The molecule has 0 radical (unpaired) electrons. The van der Waals surface area contributed by atoms with Crippen molar-refractivity contribution in [2.24, 2.45) is 0 Å². The number of methoxy groups -OCH3 is 1. The van der Waals surface area contributed by atoms with E-state index in [1.165, 1.54) is 32.4 Å². The smallest absolute Gasteiger partial charge is 0.257 e. The van der Waals surface area contributed by atoms with E-state index < -0.39 is 0 Å². The normalized spacial score (nSPS) is 19.4. The van der Waals surface area contributed by atoms with Gasteiger partial charge in [0.05, 0.1) is 12.7 Å². The molecule has 2 aliphatic heterocycles. The molecular formula is C18H22N2O2. The minimum absolute atomic E-state index is 0.0358. The molecule has 0 saturated carbocycles. The predicted octanol–water partition coefficient (Wildman–Crippen LogP) is 1.99. The third-order valence-corrected chi connectivity index (χ3v) is 4.66. The van der Waals surface area contributed by atoms with E-state index in [0.717, 1.165) is 18.7 Å². The van der Waals surface area contributed by atoms with E-state index in [0.29, 0.717) is 17.4 Å². The van der Waals surface area contributed by atoms with Crippen molar-refractivity contribution in [2.75, 3.05) is 33.3 Å². The molecule has 0 aromatic heterocycles. The van der Waals surface area contributed by atoms with Gasteiger partial charge < -0.3 is 9.64 Å². The van der Waals surface area contributed by atoms with Crippen LogP contribution in [0.25, 0.3) is 0 Å². The summed E-state index contributed by atoms with van der Waals surface area (Å²) in [5.41, 5.74) is 1.32. The van der Waals surface area contributed by atoms with E-state index in [1.807, 2.05) is 4.90 Å². The summed E-state index contributed by atoms with van der Waals surface area (Å²) in [6.45, 7) is 3.98. The third-order valence-electron chi connectivity index (χ3n) is 4.66. The van der Waals surface area contributed by atoms with E-state index in [9.17, 15) is 4.79 Å². The molecule has 0 spiro atoms. The highest BCUT2D eigenvalue weighted by Gasteiger charge is 2.36. The van der Waals surface area contributed by atoms with Crippen molar-refractivity contribution in [3.8, 4) is 18.1 Å². The standard InChI is InChI=1S/C18H22N2O2/c1-3-14-7-8-16(17(11-14)22-2)18(21)20-12-15(13-20)19-9-5-4-6-10-19/h1,7-8,11,15H,4-6,9-10,12-13H2,2H3. The highest BCUT2D eigenvalue weighted by Crippen LogP contribution is 2.26. The predicted molar refractivity (Wildman–Crippen MR) is 86.0 cm³/mol. The molecule has 0 unspecified atom stereocenters. The average molecular weight is 298 g/mol. The SMILES string of the molecule is C#Cc1ccc(C(=O)N2CC(N3CCCCC3)C2)c(OC)c1. The van der Waals surface area contributed by atoms with Crippen LogP contribution in [0.2, 0.25) is 0 Å². The van der Waals surface area contributed by atoms with Crippen LogP contribution in [0.5, 0.6) is 5.75 Å². The Bertz CT molecular complexity index is 594. The van der Waals surface area contributed by atoms with Crippen molar-refractivity contribution in [1.29, 1.82) is 0 Å². The van der Waals surface area contributed by atoms with E-state index in [-0.39, 0.29) is 5.91 Å². The zero-order chi connectivity index (χ0) is 15.5. The van der Waals surface area contributed by atoms with Gasteiger partial charge in [-0.15, -0.1) is 6.42 Å². The highest BCUT2D eigenvalue weighted by molar-refractivity contribution is 5.97. The summed E-state index contributed by atoms with van der Waals surface area (Å²) in [6.07, 6.45) is 9.30. The molecular weight excluding hydrogens is 276 g/mol. The molecule has 1 aromatic carbocycles. The molecule has 0 aliphatic carbocycles. The summed E-state index contributed by atoms with van der Waals surface area (Å²) in [6, 6.07) is 5.83. The molecule has 0 bridgehead atoms. The van der Waals surface area contributed by atoms with Gasteiger partial charge in [-0.3, -0.25) is 9.69 Å². The van der Waals surface area contributed by atoms with Crippen LogP contribution >= 0.6 is 0 Å². The average Bonchev–Trinajstić information content (AvgIpc) is 2.53. The fraction of sp³-hybridized carbons (Fsp3) is 0.500. The highest BCUT2D eigenvalue weighted by atomic mass is 16.5. The monoisotopic (exact) mass is 298 g/mol. The first kappa shape index (κ1) is 14.9. The Balaban J connectivity index is 1.65. The molecule has 2 heterocycles. The maximum Gasteiger partial charge on any atom is 0.257 e. The lowest BCUT2D eigenvalue weighted by molar-refractivity contribution is 0.0201. The maximum atomic E-state index is 12.6. The van der Waals surface area contributed by atoms with E-state index in [1.54, 1.807) is 25.3 Å². The fourth-order valence-corrected chi connectivity index (χ4v) is 3.26. The van der Waals surface area contributed by atoms with Gasteiger partial charge in [0.2, 0.25) is 0 Å². The van der Waals surface area contributed by atoms with Crippen LogP contribution in [0, 0.1) is 12.3 Å². The summed E-state index contributed by atoms with van der Waals surface area (Å²) in [5.74, 6) is 3.16. The maximum absolute atomic E-state index is 12.6. The Labute approximate surface area is 132 Å². The number of piperidine rings is 1. The Morgan fingerprint density at radius 1 is 1.27 bits per heavy atom. The second-order valence-electron chi connectivity index (χ2n) is 6.02. The number of hydrogen-bond acceptors (Lipinski definition) is 3. The zero-order valence-electron chi connectivity index (χ0n) is 13.0. The second-order valence-corrected chi connectivity index (χ2v) is 6.02. The van der Waals surface area contributed by atoms with Crippen LogP contribution in [-0.4, -0.2) is 55.0 Å². The molecule has 0 N–H and O–H groups in total. The summed E-state index contributed by atoms with van der Waals surface area (Å²) >= 11 is 0. The van der Waals surface area contributed by atoms with Crippen molar-refractivity contribution >= 4 is 5.91 Å². The molecule has 22 heavy (non-hydrogen) atoms. The van der Waals surface area contributed by atoms with Crippen molar-refractivity contribution < 1.29 is 9.53 Å². The van der Waals surface area contributed by atoms with E-state index >= 15 is 0 Å². The van der Waals surface area contributed by atoms with Gasteiger partial charge in [0, 0.05) is 24.7 Å².